The van der Waals surface area contributed by atoms with E-state index in [2.05, 4.69) is 0 Å². The number of carboxylic acid groups (broad SMARTS) is 1. The summed E-state index contributed by atoms with van der Waals surface area (Å²) in [6.45, 7) is 2.00. The topological polar surface area (TPSA) is 61.2 Å². The quantitative estimate of drug-likeness (QED) is 0.573. The molecular formula is C7H13NO2. The van der Waals surface area contributed by atoms with Crippen LogP contribution in [0.3, 0.4) is 0 Å². The smallest absolute Gasteiger partial charge is 0.311 e. The lowest BCUT2D eigenvalue weighted by atomic mass is 10.0. The van der Waals surface area contributed by atoms with Gasteiger partial charge in [-0.1, -0.05) is 19.8 Å². The molecule has 0 rings (SSSR count). The molecule has 0 saturated heterocycles. The van der Waals surface area contributed by atoms with Crippen LogP contribution in [0, 0.1) is 11.3 Å². The van der Waals surface area contributed by atoms with Gasteiger partial charge in [0.25, 0.3) is 0 Å². The van der Waals surface area contributed by atoms with Crippen molar-refractivity contribution < 1.29 is 9.90 Å². The molecule has 0 aromatic heterocycles. The van der Waals surface area contributed by atoms with Crippen LogP contribution in [0.4, 0.5) is 0 Å². The summed E-state index contributed by atoms with van der Waals surface area (Å²) in [4.78, 5) is 10.3. The molecule has 1 atom stereocenters. The fourth-order valence-corrected chi connectivity index (χ4v) is 0.702. The molecule has 3 nitrogen and oxygen atoms in total. The van der Waals surface area contributed by atoms with Crippen molar-refractivity contribution in [1.82, 2.24) is 0 Å². The van der Waals surface area contributed by atoms with Gasteiger partial charge in [0, 0.05) is 6.21 Å². The summed E-state index contributed by atoms with van der Waals surface area (Å²) in [6, 6.07) is 0. The average Bonchev–Trinajstić information content (AvgIpc) is 1.89. The van der Waals surface area contributed by atoms with Crippen LogP contribution in [0.5, 0.6) is 0 Å². The Labute approximate surface area is 60.6 Å². The van der Waals surface area contributed by atoms with E-state index in [0.717, 1.165) is 19.1 Å². The number of hydrogen-bond donors (Lipinski definition) is 2. The molecule has 58 valence electrons. The predicted octanol–water partition coefficient (Wildman–Crippen LogP) is 1.53. The lowest BCUT2D eigenvalue weighted by molar-refractivity contribution is -0.139. The van der Waals surface area contributed by atoms with Gasteiger partial charge in [0.2, 0.25) is 0 Å². The first-order valence-electron chi connectivity index (χ1n) is 3.45. The maximum atomic E-state index is 10.3. The van der Waals surface area contributed by atoms with Crippen molar-refractivity contribution in [3.63, 3.8) is 0 Å². The average molecular weight is 143 g/mol. The highest BCUT2D eigenvalue weighted by molar-refractivity contribution is 5.87. The van der Waals surface area contributed by atoms with Crippen LogP contribution >= 0.6 is 0 Å². The lowest BCUT2D eigenvalue weighted by Crippen LogP contribution is -2.14. The summed E-state index contributed by atoms with van der Waals surface area (Å²) in [5, 5.41) is 15.2. The molecule has 0 saturated carbocycles. The summed E-state index contributed by atoms with van der Waals surface area (Å²) in [7, 11) is 0. The van der Waals surface area contributed by atoms with Crippen LogP contribution in [0.1, 0.15) is 26.2 Å². The molecule has 10 heavy (non-hydrogen) atoms. The third-order valence-electron chi connectivity index (χ3n) is 1.39. The minimum atomic E-state index is -0.886. The van der Waals surface area contributed by atoms with E-state index in [1.165, 1.54) is 0 Å². The number of rotatable bonds is 5. The molecule has 0 bridgehead atoms. The van der Waals surface area contributed by atoms with Gasteiger partial charge in [-0.05, 0) is 6.42 Å². The Balaban J connectivity index is 3.60. The third-order valence-corrected chi connectivity index (χ3v) is 1.39. The fraction of sp³-hybridized carbons (Fsp3) is 0.714. The van der Waals surface area contributed by atoms with E-state index in [4.69, 9.17) is 10.5 Å². The Hall–Kier alpha value is -0.860. The van der Waals surface area contributed by atoms with Gasteiger partial charge in [-0.25, -0.2) is 0 Å². The van der Waals surface area contributed by atoms with Crippen LogP contribution < -0.4 is 0 Å². The standard InChI is InChI=1S/C7H13NO2/c1-2-3-4-6(5-8)7(9)10/h5-6,8H,2-4H2,1H3,(H,9,10). The van der Waals surface area contributed by atoms with Crippen LogP contribution in [-0.2, 0) is 4.79 Å². The molecule has 0 spiro atoms. The second-order valence-corrected chi connectivity index (χ2v) is 2.25. The molecule has 1 unspecified atom stereocenters. The summed E-state index contributed by atoms with van der Waals surface area (Å²) >= 11 is 0. The van der Waals surface area contributed by atoms with E-state index in [0.29, 0.717) is 6.42 Å². The van der Waals surface area contributed by atoms with E-state index < -0.39 is 11.9 Å². The molecule has 0 heterocycles. The van der Waals surface area contributed by atoms with Crippen molar-refractivity contribution in [2.45, 2.75) is 26.2 Å². The van der Waals surface area contributed by atoms with Crippen molar-refractivity contribution in [1.29, 1.82) is 5.41 Å². The van der Waals surface area contributed by atoms with Crippen LogP contribution in [0.15, 0.2) is 0 Å². The molecule has 0 fully saturated rings. The second kappa shape index (κ2) is 4.97. The fourth-order valence-electron chi connectivity index (χ4n) is 0.702. The first kappa shape index (κ1) is 9.14. The molecule has 0 aliphatic carbocycles. The predicted molar refractivity (Wildman–Crippen MR) is 39.4 cm³/mol. The Morgan fingerprint density at radius 2 is 2.40 bits per heavy atom. The van der Waals surface area contributed by atoms with Gasteiger partial charge in [0.15, 0.2) is 0 Å². The van der Waals surface area contributed by atoms with Crippen molar-refractivity contribution in [3.05, 3.63) is 0 Å². The lowest BCUT2D eigenvalue weighted by Gasteiger charge is -2.02. The van der Waals surface area contributed by atoms with Crippen LogP contribution in [0.2, 0.25) is 0 Å². The molecule has 0 radical (unpaired) electrons. The molecule has 0 aromatic carbocycles. The first-order chi connectivity index (χ1) is 4.72. The Morgan fingerprint density at radius 1 is 1.80 bits per heavy atom. The highest BCUT2D eigenvalue weighted by atomic mass is 16.4. The number of hydrogen-bond acceptors (Lipinski definition) is 2. The molecule has 0 aliphatic heterocycles. The van der Waals surface area contributed by atoms with Gasteiger partial charge in [-0.3, -0.25) is 4.79 Å². The highest BCUT2D eigenvalue weighted by Gasteiger charge is 2.12. The number of aliphatic carboxylic acids is 1. The molecular weight excluding hydrogens is 130 g/mol. The van der Waals surface area contributed by atoms with E-state index >= 15 is 0 Å². The molecule has 3 heteroatoms. The largest absolute Gasteiger partial charge is 0.481 e. The van der Waals surface area contributed by atoms with E-state index in [9.17, 15) is 4.79 Å². The van der Waals surface area contributed by atoms with Crippen LogP contribution in [-0.4, -0.2) is 17.3 Å². The Bertz CT molecular complexity index is 123. The second-order valence-electron chi connectivity index (χ2n) is 2.25. The zero-order valence-corrected chi connectivity index (χ0v) is 6.13. The van der Waals surface area contributed by atoms with E-state index in [-0.39, 0.29) is 0 Å². The zero-order chi connectivity index (χ0) is 7.98. The summed E-state index contributed by atoms with van der Waals surface area (Å²) in [5.74, 6) is -1.46. The van der Waals surface area contributed by atoms with Crippen molar-refractivity contribution in [2.24, 2.45) is 5.92 Å². The van der Waals surface area contributed by atoms with E-state index in [1.54, 1.807) is 0 Å². The summed E-state index contributed by atoms with van der Waals surface area (Å²) in [6.07, 6.45) is 3.46. The van der Waals surface area contributed by atoms with E-state index in [1.807, 2.05) is 6.92 Å². The SMILES string of the molecule is CCCCC(C=N)C(=O)O. The van der Waals surface area contributed by atoms with Gasteiger partial charge in [0.05, 0.1) is 5.92 Å². The molecule has 0 aliphatic rings. The summed E-state index contributed by atoms with van der Waals surface area (Å²) in [5.41, 5.74) is 0. The highest BCUT2D eigenvalue weighted by Crippen LogP contribution is 2.05. The molecule has 2 N–H and O–H groups in total. The number of unbranched alkanes of at least 4 members (excludes halogenated alkanes) is 1. The van der Waals surface area contributed by atoms with Crippen molar-refractivity contribution in [3.8, 4) is 0 Å². The van der Waals surface area contributed by atoms with Crippen molar-refractivity contribution >= 4 is 12.2 Å². The van der Waals surface area contributed by atoms with Crippen LogP contribution in [0.25, 0.3) is 0 Å². The maximum absolute atomic E-state index is 10.3. The Kier molecular flexibility index (Phi) is 4.54. The zero-order valence-electron chi connectivity index (χ0n) is 6.13. The molecule has 0 aromatic rings. The molecule has 0 amide bonds. The first-order valence-corrected chi connectivity index (χ1v) is 3.45. The van der Waals surface area contributed by atoms with Gasteiger partial charge >= 0.3 is 5.97 Å². The Morgan fingerprint density at radius 3 is 2.70 bits per heavy atom. The van der Waals surface area contributed by atoms with Gasteiger partial charge in [0.1, 0.15) is 0 Å². The maximum Gasteiger partial charge on any atom is 0.311 e. The van der Waals surface area contributed by atoms with Gasteiger partial charge < -0.3 is 10.5 Å². The van der Waals surface area contributed by atoms with Gasteiger partial charge in [-0.15, -0.1) is 0 Å². The number of nitrogens with one attached hydrogen (secondary N) is 1. The number of carboxylic acids is 1. The normalized spacial score (nSPS) is 12.5. The summed E-state index contributed by atoms with van der Waals surface area (Å²) < 4.78 is 0. The third kappa shape index (κ3) is 3.22. The minimum absolute atomic E-state index is 0.569. The van der Waals surface area contributed by atoms with Crippen molar-refractivity contribution in [2.75, 3.05) is 0 Å². The number of carbonyl (C=O) groups is 1. The monoisotopic (exact) mass is 143 g/mol. The van der Waals surface area contributed by atoms with Gasteiger partial charge in [-0.2, -0.15) is 0 Å². The minimum Gasteiger partial charge on any atom is -0.481 e.